The molecular weight excluding hydrogens is 418 g/mol. The highest BCUT2D eigenvalue weighted by Gasteiger charge is 2.22. The molecule has 1 fully saturated rings. The SMILES string of the molecule is C=C(C)C(=O)OCCCCc1c(F)cc(-c2ccc([C@H]3CC[C@H](CCC)CC3)cc2)cc1F. The van der Waals surface area contributed by atoms with Crippen LogP contribution < -0.4 is 0 Å². The van der Waals surface area contributed by atoms with Crippen LogP contribution in [-0.2, 0) is 16.0 Å². The summed E-state index contributed by atoms with van der Waals surface area (Å²) in [7, 11) is 0. The maximum Gasteiger partial charge on any atom is 0.333 e. The summed E-state index contributed by atoms with van der Waals surface area (Å²) >= 11 is 0. The number of esters is 1. The van der Waals surface area contributed by atoms with Crippen LogP contribution in [0.25, 0.3) is 11.1 Å². The largest absolute Gasteiger partial charge is 0.462 e. The second kappa shape index (κ2) is 12.1. The average molecular weight is 455 g/mol. The third-order valence-corrected chi connectivity index (χ3v) is 6.80. The van der Waals surface area contributed by atoms with Gasteiger partial charge in [0.2, 0.25) is 0 Å². The lowest BCUT2D eigenvalue weighted by molar-refractivity contribution is -0.139. The van der Waals surface area contributed by atoms with Gasteiger partial charge in [0.25, 0.3) is 0 Å². The van der Waals surface area contributed by atoms with E-state index in [1.54, 1.807) is 6.92 Å². The number of rotatable bonds is 10. The van der Waals surface area contributed by atoms with Gasteiger partial charge in [0.05, 0.1) is 6.61 Å². The van der Waals surface area contributed by atoms with Crippen molar-refractivity contribution in [3.8, 4) is 11.1 Å². The van der Waals surface area contributed by atoms with Gasteiger partial charge in [0.15, 0.2) is 0 Å². The molecule has 0 aromatic heterocycles. The number of halogens is 2. The van der Waals surface area contributed by atoms with Crippen LogP contribution in [0.5, 0.6) is 0 Å². The summed E-state index contributed by atoms with van der Waals surface area (Å²) in [5.41, 5.74) is 3.15. The number of unbranched alkanes of at least 4 members (excludes halogenated alkanes) is 1. The second-order valence-corrected chi connectivity index (χ2v) is 9.42. The maximum atomic E-state index is 14.7. The Labute approximate surface area is 197 Å². The van der Waals surface area contributed by atoms with E-state index in [1.807, 2.05) is 12.1 Å². The summed E-state index contributed by atoms with van der Waals surface area (Å²) in [5, 5.41) is 0. The van der Waals surface area contributed by atoms with E-state index in [0.717, 1.165) is 11.5 Å². The Kier molecular flexibility index (Phi) is 9.22. The Hall–Kier alpha value is -2.49. The van der Waals surface area contributed by atoms with Gasteiger partial charge in [0.1, 0.15) is 11.6 Å². The Bertz CT molecular complexity index is 918. The zero-order valence-electron chi connectivity index (χ0n) is 20.0. The van der Waals surface area contributed by atoms with E-state index in [2.05, 4.69) is 25.6 Å². The van der Waals surface area contributed by atoms with Crippen molar-refractivity contribution < 1.29 is 18.3 Å². The first-order valence-electron chi connectivity index (χ1n) is 12.3. The number of hydrogen-bond donors (Lipinski definition) is 0. The monoisotopic (exact) mass is 454 g/mol. The van der Waals surface area contributed by atoms with Gasteiger partial charge in [-0.2, -0.15) is 0 Å². The fourth-order valence-corrected chi connectivity index (χ4v) is 4.84. The highest BCUT2D eigenvalue weighted by atomic mass is 19.1. The predicted molar refractivity (Wildman–Crippen MR) is 130 cm³/mol. The van der Waals surface area contributed by atoms with Crippen molar-refractivity contribution in [2.45, 2.75) is 77.6 Å². The lowest BCUT2D eigenvalue weighted by atomic mass is 9.77. The zero-order valence-corrected chi connectivity index (χ0v) is 20.0. The van der Waals surface area contributed by atoms with Crippen molar-refractivity contribution >= 4 is 5.97 Å². The third-order valence-electron chi connectivity index (χ3n) is 6.80. The maximum absolute atomic E-state index is 14.7. The minimum atomic E-state index is -0.526. The number of hydrogen-bond acceptors (Lipinski definition) is 2. The van der Waals surface area contributed by atoms with Crippen molar-refractivity contribution in [1.29, 1.82) is 0 Å². The standard InChI is InChI=1S/C29H36F2O2/c1-4-7-21-9-11-22(12-10-21)23-13-15-24(16-14-23)25-18-27(30)26(28(31)19-25)8-5-6-17-33-29(32)20(2)3/h13-16,18-19,21-22H,2,4-12,17H2,1,3H3/t21-,22-. The molecule has 3 rings (SSSR count). The molecule has 33 heavy (non-hydrogen) atoms. The quantitative estimate of drug-likeness (QED) is 0.206. The van der Waals surface area contributed by atoms with Crippen molar-refractivity contribution in [3.63, 3.8) is 0 Å². The third kappa shape index (κ3) is 6.99. The van der Waals surface area contributed by atoms with Crippen molar-refractivity contribution in [1.82, 2.24) is 0 Å². The van der Waals surface area contributed by atoms with Gasteiger partial charge in [-0.3, -0.25) is 0 Å². The molecule has 0 heterocycles. The van der Waals surface area contributed by atoms with Crippen molar-refractivity contribution in [2.24, 2.45) is 5.92 Å². The first-order chi connectivity index (χ1) is 15.9. The lowest BCUT2D eigenvalue weighted by Gasteiger charge is -2.28. The number of ether oxygens (including phenoxy) is 1. The van der Waals surface area contributed by atoms with Crippen LogP contribution in [-0.4, -0.2) is 12.6 Å². The van der Waals surface area contributed by atoms with Crippen LogP contribution in [0.15, 0.2) is 48.6 Å². The molecule has 178 valence electrons. The molecule has 1 aliphatic carbocycles. The highest BCUT2D eigenvalue weighted by molar-refractivity contribution is 5.86. The molecule has 0 N–H and O–H groups in total. The topological polar surface area (TPSA) is 26.3 Å². The molecule has 2 aromatic rings. The van der Waals surface area contributed by atoms with Crippen LogP contribution in [0.2, 0.25) is 0 Å². The predicted octanol–water partition coefficient (Wildman–Crippen LogP) is 8.15. The normalized spacial score (nSPS) is 18.2. The van der Waals surface area contributed by atoms with E-state index in [-0.39, 0.29) is 18.6 Å². The highest BCUT2D eigenvalue weighted by Crippen LogP contribution is 2.38. The number of benzene rings is 2. The van der Waals surface area contributed by atoms with Gasteiger partial charge >= 0.3 is 5.97 Å². The molecule has 1 saturated carbocycles. The Balaban J connectivity index is 1.57. The van der Waals surface area contributed by atoms with E-state index in [4.69, 9.17) is 4.74 Å². The van der Waals surface area contributed by atoms with Gasteiger partial charge in [-0.05, 0) is 92.5 Å². The first-order valence-corrected chi connectivity index (χ1v) is 12.3. The summed E-state index contributed by atoms with van der Waals surface area (Å²) in [6.07, 6.45) is 9.00. The summed E-state index contributed by atoms with van der Waals surface area (Å²) in [6.45, 7) is 7.58. The zero-order chi connectivity index (χ0) is 23.8. The van der Waals surface area contributed by atoms with E-state index < -0.39 is 17.6 Å². The second-order valence-electron chi connectivity index (χ2n) is 9.42. The minimum Gasteiger partial charge on any atom is -0.462 e. The van der Waals surface area contributed by atoms with Crippen LogP contribution in [0.1, 0.15) is 82.3 Å². The summed E-state index contributed by atoms with van der Waals surface area (Å²) in [5.74, 6) is -0.0181. The molecule has 2 aromatic carbocycles. The molecule has 0 spiro atoms. The fraction of sp³-hybridized carbons (Fsp3) is 0.483. The van der Waals surface area contributed by atoms with Gasteiger partial charge in [-0.15, -0.1) is 0 Å². The summed E-state index contributed by atoms with van der Waals surface area (Å²) in [4.78, 5) is 11.4. The van der Waals surface area contributed by atoms with E-state index >= 15 is 0 Å². The van der Waals surface area contributed by atoms with E-state index in [1.165, 1.54) is 56.2 Å². The molecule has 0 amide bonds. The molecule has 0 atom stereocenters. The number of carbonyl (C=O) groups is 1. The molecule has 0 saturated heterocycles. The summed E-state index contributed by atoms with van der Waals surface area (Å²) < 4.78 is 34.4. The van der Waals surface area contributed by atoms with Crippen LogP contribution in [0.3, 0.4) is 0 Å². The molecule has 0 radical (unpaired) electrons. The Morgan fingerprint density at radius 2 is 1.64 bits per heavy atom. The number of carbonyl (C=O) groups excluding carboxylic acids is 1. The van der Waals surface area contributed by atoms with Crippen molar-refractivity contribution in [2.75, 3.05) is 6.61 Å². The Morgan fingerprint density at radius 1 is 1.00 bits per heavy atom. The first kappa shape index (κ1) is 25.1. The van der Waals surface area contributed by atoms with Gasteiger partial charge in [-0.1, -0.05) is 50.6 Å². The van der Waals surface area contributed by atoms with Crippen LogP contribution in [0, 0.1) is 17.6 Å². The fourth-order valence-electron chi connectivity index (χ4n) is 4.84. The smallest absolute Gasteiger partial charge is 0.333 e. The van der Waals surface area contributed by atoms with Crippen molar-refractivity contribution in [3.05, 3.63) is 71.3 Å². The minimum absolute atomic E-state index is 0.0884. The van der Waals surface area contributed by atoms with E-state index in [9.17, 15) is 13.6 Å². The molecule has 0 bridgehead atoms. The molecule has 0 unspecified atom stereocenters. The molecule has 0 aliphatic heterocycles. The molecule has 1 aliphatic rings. The average Bonchev–Trinajstić information content (AvgIpc) is 2.81. The lowest BCUT2D eigenvalue weighted by Crippen LogP contribution is -2.13. The molecular formula is C29H36F2O2. The van der Waals surface area contributed by atoms with Gasteiger partial charge < -0.3 is 4.74 Å². The Morgan fingerprint density at radius 3 is 2.21 bits per heavy atom. The summed E-state index contributed by atoms with van der Waals surface area (Å²) in [6, 6.07) is 11.1. The van der Waals surface area contributed by atoms with E-state index in [0.29, 0.717) is 29.9 Å². The van der Waals surface area contributed by atoms with Gasteiger partial charge in [0, 0.05) is 11.1 Å². The molecule has 2 nitrogen and oxygen atoms in total. The van der Waals surface area contributed by atoms with Gasteiger partial charge in [-0.25, -0.2) is 13.6 Å². The van der Waals surface area contributed by atoms with Crippen LogP contribution >= 0.6 is 0 Å². The van der Waals surface area contributed by atoms with Crippen LogP contribution in [0.4, 0.5) is 8.78 Å². The molecule has 4 heteroatoms.